The van der Waals surface area contributed by atoms with E-state index in [-0.39, 0.29) is 0 Å². The van der Waals surface area contributed by atoms with Crippen LogP contribution in [0.5, 0.6) is 5.75 Å². The molecule has 0 unspecified atom stereocenters. The van der Waals surface area contributed by atoms with E-state index in [0.29, 0.717) is 41.9 Å². The first kappa shape index (κ1) is 23.5. The first-order chi connectivity index (χ1) is 15.1. The molecule has 0 saturated heterocycles. The number of aromatic nitrogens is 3. The van der Waals surface area contributed by atoms with Crippen molar-refractivity contribution >= 4 is 22.9 Å². The van der Waals surface area contributed by atoms with Crippen LogP contribution in [0.25, 0.3) is 22.2 Å². The number of oxazole rings is 1. The zero-order valence-corrected chi connectivity index (χ0v) is 19.9. The van der Waals surface area contributed by atoms with Crippen molar-refractivity contribution in [1.82, 2.24) is 15.0 Å². The van der Waals surface area contributed by atoms with Crippen LogP contribution in [0, 0.1) is 5.92 Å². The summed E-state index contributed by atoms with van der Waals surface area (Å²) in [5.74, 6) is 1.95. The van der Waals surface area contributed by atoms with Gasteiger partial charge in [-0.1, -0.05) is 20.8 Å². The topological polar surface area (TPSA) is 90.6 Å². The van der Waals surface area contributed by atoms with E-state index >= 15 is 0 Å². The van der Waals surface area contributed by atoms with Gasteiger partial charge in [-0.2, -0.15) is 0 Å². The van der Waals surface area contributed by atoms with E-state index in [4.69, 9.17) is 23.9 Å². The summed E-state index contributed by atoms with van der Waals surface area (Å²) < 4.78 is 16.7. The number of amides is 1. The molecule has 0 fully saturated rings. The van der Waals surface area contributed by atoms with E-state index < -0.39 is 11.7 Å². The Hall–Kier alpha value is -3.16. The minimum Gasteiger partial charge on any atom is -0.496 e. The molecule has 3 aromatic rings. The van der Waals surface area contributed by atoms with Crippen LogP contribution in [0.1, 0.15) is 53.7 Å². The number of carbonyl (C=O) groups is 1. The van der Waals surface area contributed by atoms with E-state index in [1.807, 2.05) is 39.8 Å². The summed E-state index contributed by atoms with van der Waals surface area (Å²) in [6.07, 6.45) is 4.04. The fourth-order valence-corrected chi connectivity index (χ4v) is 3.28. The molecule has 0 spiro atoms. The van der Waals surface area contributed by atoms with Gasteiger partial charge >= 0.3 is 6.09 Å². The Bertz CT molecular complexity index is 1070. The number of methoxy groups -OCH3 is 1. The molecular weight excluding hydrogens is 408 g/mol. The minimum absolute atomic E-state index is 0.332. The van der Waals surface area contributed by atoms with Crippen LogP contribution in [-0.2, 0) is 11.2 Å². The van der Waals surface area contributed by atoms with Gasteiger partial charge in [0.05, 0.1) is 30.1 Å². The van der Waals surface area contributed by atoms with Gasteiger partial charge in [-0.05, 0) is 45.6 Å². The lowest BCUT2D eigenvalue weighted by Gasteiger charge is -2.27. The lowest BCUT2D eigenvalue weighted by Crippen LogP contribution is -2.39. The molecule has 0 aliphatic carbocycles. The maximum Gasteiger partial charge on any atom is 0.417 e. The average molecular weight is 441 g/mol. The first-order valence-corrected chi connectivity index (χ1v) is 10.9. The highest BCUT2D eigenvalue weighted by atomic mass is 16.6. The summed E-state index contributed by atoms with van der Waals surface area (Å²) in [5, 5.41) is 0.872. The van der Waals surface area contributed by atoms with Crippen LogP contribution in [0.2, 0.25) is 0 Å². The summed E-state index contributed by atoms with van der Waals surface area (Å²) in [6.45, 7) is 12.3. The largest absolute Gasteiger partial charge is 0.496 e. The Balaban J connectivity index is 2.13. The number of fused-ring (bicyclic) bond motifs is 1. The second-order valence-corrected chi connectivity index (χ2v) is 9.07. The van der Waals surface area contributed by atoms with Crippen molar-refractivity contribution in [2.75, 3.05) is 18.6 Å². The maximum atomic E-state index is 13.0. The molecule has 0 aliphatic rings. The lowest BCUT2D eigenvalue weighted by atomic mass is 10.1. The van der Waals surface area contributed by atoms with Gasteiger partial charge in [-0.3, -0.25) is 0 Å². The van der Waals surface area contributed by atoms with Crippen LogP contribution in [0.4, 0.5) is 10.7 Å². The SMILES string of the molecule is CCc1nc(N(CCC(C)C)C(=O)OC(C)(C)C)nc2cc(OC)c(-c3cnco3)cc12. The van der Waals surface area contributed by atoms with E-state index in [1.165, 1.54) is 11.3 Å². The zero-order valence-electron chi connectivity index (χ0n) is 19.9. The van der Waals surface area contributed by atoms with Crippen LogP contribution < -0.4 is 9.64 Å². The lowest BCUT2D eigenvalue weighted by molar-refractivity contribution is 0.0576. The standard InChI is InChI=1S/C24H32N4O4/c1-8-18-16-11-17(21-13-25-14-31-21)20(30-7)12-19(16)27-22(26-18)28(10-9-15(2)3)23(29)32-24(4,5)6/h11-15H,8-10H2,1-7H3. The Morgan fingerprint density at radius 3 is 2.53 bits per heavy atom. The molecule has 2 heterocycles. The van der Waals surface area contributed by atoms with Crippen molar-refractivity contribution in [3.05, 3.63) is 30.4 Å². The van der Waals surface area contributed by atoms with E-state index in [2.05, 4.69) is 18.8 Å². The summed E-state index contributed by atoms with van der Waals surface area (Å²) in [7, 11) is 1.60. The number of ether oxygens (including phenoxy) is 2. The minimum atomic E-state index is -0.618. The number of anilines is 1. The van der Waals surface area contributed by atoms with Gasteiger partial charge in [0.25, 0.3) is 0 Å². The van der Waals surface area contributed by atoms with Crippen LogP contribution in [0.15, 0.2) is 29.1 Å². The predicted molar refractivity (Wildman–Crippen MR) is 124 cm³/mol. The second-order valence-electron chi connectivity index (χ2n) is 9.07. The fraction of sp³-hybridized carbons (Fsp3) is 0.500. The summed E-state index contributed by atoms with van der Waals surface area (Å²) in [4.78, 5) is 28.0. The van der Waals surface area contributed by atoms with Crippen molar-refractivity contribution in [2.24, 2.45) is 5.92 Å². The molecule has 0 N–H and O–H groups in total. The summed E-state index contributed by atoms with van der Waals surface area (Å²) >= 11 is 0. The number of carbonyl (C=O) groups excluding carboxylic acids is 1. The smallest absolute Gasteiger partial charge is 0.417 e. The highest BCUT2D eigenvalue weighted by Gasteiger charge is 2.26. The van der Waals surface area contributed by atoms with Crippen LogP contribution >= 0.6 is 0 Å². The second kappa shape index (κ2) is 9.54. The van der Waals surface area contributed by atoms with E-state index in [0.717, 1.165) is 23.1 Å². The first-order valence-electron chi connectivity index (χ1n) is 10.9. The molecule has 0 saturated carbocycles. The third-order valence-electron chi connectivity index (χ3n) is 4.90. The molecule has 2 aromatic heterocycles. The number of benzene rings is 1. The van der Waals surface area contributed by atoms with Gasteiger partial charge in [0, 0.05) is 18.0 Å². The average Bonchev–Trinajstić information content (AvgIpc) is 3.25. The Morgan fingerprint density at radius 2 is 1.97 bits per heavy atom. The van der Waals surface area contributed by atoms with Gasteiger partial charge in [-0.15, -0.1) is 0 Å². The number of aryl methyl sites for hydroxylation is 1. The molecule has 0 atom stereocenters. The van der Waals surface area contributed by atoms with Crippen molar-refractivity contribution < 1.29 is 18.7 Å². The van der Waals surface area contributed by atoms with Gasteiger partial charge in [-0.25, -0.2) is 24.6 Å². The van der Waals surface area contributed by atoms with Crippen molar-refractivity contribution in [1.29, 1.82) is 0 Å². The number of rotatable bonds is 7. The predicted octanol–water partition coefficient (Wildman–Crippen LogP) is 5.64. The van der Waals surface area contributed by atoms with E-state index in [9.17, 15) is 4.79 Å². The number of nitrogens with zero attached hydrogens (tertiary/aromatic N) is 4. The highest BCUT2D eigenvalue weighted by Crippen LogP contribution is 2.35. The van der Waals surface area contributed by atoms with Crippen LogP contribution in [0.3, 0.4) is 0 Å². The van der Waals surface area contributed by atoms with Crippen LogP contribution in [-0.4, -0.2) is 40.3 Å². The normalized spacial score (nSPS) is 11.8. The third-order valence-corrected chi connectivity index (χ3v) is 4.90. The molecule has 3 rings (SSSR count). The monoisotopic (exact) mass is 440 g/mol. The number of hydrogen-bond acceptors (Lipinski definition) is 7. The summed E-state index contributed by atoms with van der Waals surface area (Å²) in [6, 6.07) is 3.79. The third kappa shape index (κ3) is 5.36. The molecule has 1 amide bonds. The van der Waals surface area contributed by atoms with Crippen molar-refractivity contribution in [3.63, 3.8) is 0 Å². The van der Waals surface area contributed by atoms with Gasteiger partial charge in [0.2, 0.25) is 5.95 Å². The van der Waals surface area contributed by atoms with Crippen molar-refractivity contribution in [2.45, 2.75) is 60.0 Å². The van der Waals surface area contributed by atoms with Crippen molar-refractivity contribution in [3.8, 4) is 17.1 Å². The Kier molecular flexibility index (Phi) is 7.01. The quantitative estimate of drug-likeness (QED) is 0.469. The molecule has 8 nitrogen and oxygen atoms in total. The number of hydrogen-bond donors (Lipinski definition) is 0. The molecule has 32 heavy (non-hydrogen) atoms. The molecule has 0 aliphatic heterocycles. The molecule has 0 bridgehead atoms. The Labute approximate surface area is 189 Å². The molecular formula is C24H32N4O4. The maximum absolute atomic E-state index is 13.0. The van der Waals surface area contributed by atoms with Gasteiger partial charge in [0.15, 0.2) is 12.2 Å². The fourth-order valence-electron chi connectivity index (χ4n) is 3.28. The van der Waals surface area contributed by atoms with Gasteiger partial charge in [0.1, 0.15) is 11.4 Å². The Morgan fingerprint density at radius 1 is 1.22 bits per heavy atom. The van der Waals surface area contributed by atoms with E-state index in [1.54, 1.807) is 13.3 Å². The molecule has 8 heteroatoms. The molecule has 1 aromatic carbocycles. The zero-order chi connectivity index (χ0) is 23.5. The van der Waals surface area contributed by atoms with Gasteiger partial charge < -0.3 is 13.9 Å². The summed E-state index contributed by atoms with van der Waals surface area (Å²) in [5.41, 5.74) is 1.66. The molecule has 0 radical (unpaired) electrons. The highest BCUT2D eigenvalue weighted by molar-refractivity contribution is 5.92. The molecule has 172 valence electrons.